The second-order valence-corrected chi connectivity index (χ2v) is 1.56. The fourth-order valence-electron chi connectivity index (χ4n) is 0.484. The number of carboxylic acid groups (broad SMARTS) is 1. The van der Waals surface area contributed by atoms with Crippen LogP contribution in [-0.2, 0) is 11.2 Å². The highest BCUT2D eigenvalue weighted by molar-refractivity contribution is 5.69. The Bertz CT molecular complexity index is 192. The minimum absolute atomic E-state index is 0.0729. The van der Waals surface area contributed by atoms with E-state index in [0.717, 1.165) is 0 Å². The van der Waals surface area contributed by atoms with E-state index in [0.29, 0.717) is 5.69 Å². The summed E-state index contributed by atoms with van der Waals surface area (Å²) in [4.78, 5) is 9.98. The Morgan fingerprint density at radius 1 is 1.89 bits per heavy atom. The number of carboxylic acids is 1. The Balaban J connectivity index is 2.58. The molecule has 1 heterocycles. The zero-order chi connectivity index (χ0) is 6.69. The molecule has 0 aliphatic rings. The average molecular weight is 127 g/mol. The lowest BCUT2D eigenvalue weighted by Crippen LogP contribution is -1.99. The Labute approximate surface area is 51.1 Å². The van der Waals surface area contributed by atoms with Gasteiger partial charge in [-0.3, -0.25) is 4.79 Å². The summed E-state index contributed by atoms with van der Waals surface area (Å²) in [5.41, 5.74) is 0.447. The third-order valence-corrected chi connectivity index (χ3v) is 0.824. The molecule has 0 bridgehead atoms. The molecule has 9 heavy (non-hydrogen) atoms. The molecular weight excluding hydrogens is 122 g/mol. The normalized spacial score (nSPS) is 9.33. The minimum atomic E-state index is -0.899. The first-order valence-corrected chi connectivity index (χ1v) is 2.40. The van der Waals surface area contributed by atoms with Crippen molar-refractivity contribution in [2.24, 2.45) is 0 Å². The van der Waals surface area contributed by atoms with Gasteiger partial charge in [0.15, 0.2) is 0 Å². The SMILES string of the molecule is O=C(O)Cc1ccon1. The largest absolute Gasteiger partial charge is 0.481 e. The molecule has 4 heteroatoms. The van der Waals surface area contributed by atoms with Crippen molar-refractivity contribution in [1.82, 2.24) is 5.16 Å². The highest BCUT2D eigenvalue weighted by Crippen LogP contribution is 1.93. The lowest BCUT2D eigenvalue weighted by Gasteiger charge is -1.82. The van der Waals surface area contributed by atoms with Gasteiger partial charge in [0.2, 0.25) is 0 Å². The topological polar surface area (TPSA) is 63.3 Å². The number of rotatable bonds is 2. The van der Waals surface area contributed by atoms with Gasteiger partial charge in [0.25, 0.3) is 0 Å². The van der Waals surface area contributed by atoms with E-state index in [-0.39, 0.29) is 6.42 Å². The van der Waals surface area contributed by atoms with E-state index in [1.54, 1.807) is 0 Å². The summed E-state index contributed by atoms with van der Waals surface area (Å²) in [6.07, 6.45) is 1.27. The van der Waals surface area contributed by atoms with Crippen molar-refractivity contribution in [1.29, 1.82) is 0 Å². The summed E-state index contributed by atoms with van der Waals surface area (Å²) in [6.45, 7) is 0. The maximum absolute atomic E-state index is 9.98. The summed E-state index contributed by atoms with van der Waals surface area (Å²) in [6, 6.07) is 1.52. The van der Waals surface area contributed by atoms with Gasteiger partial charge in [-0.25, -0.2) is 0 Å². The van der Waals surface area contributed by atoms with Crippen molar-refractivity contribution < 1.29 is 14.4 Å². The van der Waals surface area contributed by atoms with Gasteiger partial charge in [-0.05, 0) is 0 Å². The fourth-order valence-corrected chi connectivity index (χ4v) is 0.484. The molecule has 0 fully saturated rings. The summed E-state index contributed by atoms with van der Waals surface area (Å²) in [5, 5.41) is 11.6. The predicted octanol–water partition coefficient (Wildman–Crippen LogP) is 0.302. The van der Waals surface area contributed by atoms with E-state index >= 15 is 0 Å². The van der Waals surface area contributed by atoms with E-state index in [1.807, 2.05) is 0 Å². The van der Waals surface area contributed by atoms with Crippen LogP contribution in [0.15, 0.2) is 16.9 Å². The number of aliphatic carboxylic acids is 1. The molecule has 0 saturated carbocycles. The van der Waals surface area contributed by atoms with Gasteiger partial charge in [-0.1, -0.05) is 5.16 Å². The molecule has 1 aromatic heterocycles. The molecule has 0 aromatic carbocycles. The molecule has 1 rings (SSSR count). The summed E-state index contributed by atoms with van der Waals surface area (Å²) in [7, 11) is 0. The molecule has 0 aliphatic heterocycles. The van der Waals surface area contributed by atoms with Gasteiger partial charge < -0.3 is 9.63 Å². The first kappa shape index (κ1) is 5.81. The molecule has 0 unspecified atom stereocenters. The number of aromatic nitrogens is 1. The second-order valence-electron chi connectivity index (χ2n) is 1.56. The maximum Gasteiger partial charge on any atom is 0.309 e. The number of carbonyl (C=O) groups is 1. The molecular formula is C5H5NO3. The van der Waals surface area contributed by atoms with Crippen molar-refractivity contribution in [3.63, 3.8) is 0 Å². The van der Waals surface area contributed by atoms with Gasteiger partial charge in [0.1, 0.15) is 6.26 Å². The molecule has 0 amide bonds. The van der Waals surface area contributed by atoms with Crippen molar-refractivity contribution in [2.45, 2.75) is 6.42 Å². The zero-order valence-corrected chi connectivity index (χ0v) is 4.57. The summed E-state index contributed by atoms with van der Waals surface area (Å²) < 4.78 is 4.40. The van der Waals surface area contributed by atoms with Crippen molar-refractivity contribution >= 4 is 5.97 Å². The first-order valence-electron chi connectivity index (χ1n) is 2.40. The Hall–Kier alpha value is -1.32. The first-order chi connectivity index (χ1) is 4.29. The van der Waals surface area contributed by atoms with Crippen LogP contribution < -0.4 is 0 Å². The van der Waals surface area contributed by atoms with E-state index < -0.39 is 5.97 Å². The Morgan fingerprint density at radius 2 is 2.67 bits per heavy atom. The molecule has 0 spiro atoms. The van der Waals surface area contributed by atoms with Crippen molar-refractivity contribution in [3.05, 3.63) is 18.0 Å². The van der Waals surface area contributed by atoms with Gasteiger partial charge in [0.05, 0.1) is 12.1 Å². The number of hydrogen-bond acceptors (Lipinski definition) is 3. The van der Waals surface area contributed by atoms with Crippen LogP contribution in [0.3, 0.4) is 0 Å². The zero-order valence-electron chi connectivity index (χ0n) is 4.57. The second kappa shape index (κ2) is 2.30. The lowest BCUT2D eigenvalue weighted by molar-refractivity contribution is -0.136. The van der Waals surface area contributed by atoms with Crippen LogP contribution in [0.25, 0.3) is 0 Å². The van der Waals surface area contributed by atoms with Crippen LogP contribution in [-0.4, -0.2) is 16.2 Å². The Kier molecular flexibility index (Phi) is 1.48. The third kappa shape index (κ3) is 1.56. The van der Waals surface area contributed by atoms with E-state index in [1.165, 1.54) is 12.3 Å². The highest BCUT2D eigenvalue weighted by Gasteiger charge is 2.01. The predicted molar refractivity (Wildman–Crippen MR) is 27.8 cm³/mol. The summed E-state index contributed by atoms with van der Waals surface area (Å²) >= 11 is 0. The van der Waals surface area contributed by atoms with E-state index in [2.05, 4.69) is 9.68 Å². The van der Waals surface area contributed by atoms with Crippen LogP contribution in [0, 0.1) is 0 Å². The van der Waals surface area contributed by atoms with Gasteiger partial charge in [0, 0.05) is 6.07 Å². The molecule has 1 aromatic rings. The van der Waals surface area contributed by atoms with Crippen LogP contribution >= 0.6 is 0 Å². The van der Waals surface area contributed by atoms with Gasteiger partial charge in [-0.2, -0.15) is 0 Å². The van der Waals surface area contributed by atoms with Crippen LogP contribution in [0.5, 0.6) is 0 Å². The van der Waals surface area contributed by atoms with E-state index in [4.69, 9.17) is 5.11 Å². The van der Waals surface area contributed by atoms with Crippen molar-refractivity contribution in [2.75, 3.05) is 0 Å². The van der Waals surface area contributed by atoms with E-state index in [9.17, 15) is 4.79 Å². The van der Waals surface area contributed by atoms with Crippen LogP contribution in [0.2, 0.25) is 0 Å². The van der Waals surface area contributed by atoms with Crippen LogP contribution in [0.1, 0.15) is 5.69 Å². The van der Waals surface area contributed by atoms with Gasteiger partial charge in [-0.15, -0.1) is 0 Å². The quantitative estimate of drug-likeness (QED) is 0.620. The third-order valence-electron chi connectivity index (χ3n) is 0.824. The molecule has 1 N–H and O–H groups in total. The van der Waals surface area contributed by atoms with Crippen molar-refractivity contribution in [3.8, 4) is 0 Å². The van der Waals surface area contributed by atoms with Gasteiger partial charge >= 0.3 is 5.97 Å². The molecule has 0 saturated heterocycles. The molecule has 0 aliphatic carbocycles. The molecule has 48 valence electrons. The lowest BCUT2D eigenvalue weighted by atomic mass is 10.3. The Morgan fingerprint density at radius 3 is 3.11 bits per heavy atom. The summed E-state index contributed by atoms with van der Waals surface area (Å²) in [5.74, 6) is -0.899. The monoisotopic (exact) mass is 127 g/mol. The minimum Gasteiger partial charge on any atom is -0.481 e. The molecule has 0 atom stereocenters. The highest BCUT2D eigenvalue weighted by atomic mass is 16.5. The number of nitrogens with zero attached hydrogens (tertiary/aromatic N) is 1. The molecule has 4 nitrogen and oxygen atoms in total. The number of hydrogen-bond donors (Lipinski definition) is 1. The molecule has 0 radical (unpaired) electrons. The maximum atomic E-state index is 9.98. The smallest absolute Gasteiger partial charge is 0.309 e. The average Bonchev–Trinajstić information content (AvgIpc) is 2.15. The van der Waals surface area contributed by atoms with Crippen LogP contribution in [0.4, 0.5) is 0 Å². The standard InChI is InChI=1S/C5H5NO3/c7-5(8)3-4-1-2-9-6-4/h1-2H,3H2,(H,7,8). The fraction of sp³-hybridized carbons (Fsp3) is 0.200.